The summed E-state index contributed by atoms with van der Waals surface area (Å²) < 4.78 is 73.6. The fourth-order valence-electron chi connectivity index (χ4n) is 3.03. The SMILES string of the molecule is COc1cc(F)c(C2CNC(=O)C2)c(F)c1.Nc1nnc(-c2ccc(C(F)(F)F)cc2)o1. The molecule has 2 heterocycles. The van der Waals surface area contributed by atoms with E-state index in [-0.39, 0.29) is 42.1 Å². The van der Waals surface area contributed by atoms with E-state index in [2.05, 4.69) is 15.5 Å². The van der Waals surface area contributed by atoms with Crippen LogP contribution >= 0.6 is 0 Å². The van der Waals surface area contributed by atoms with Gasteiger partial charge in [-0.1, -0.05) is 5.10 Å². The van der Waals surface area contributed by atoms with E-state index in [1.54, 1.807) is 0 Å². The number of nitrogen functional groups attached to an aromatic ring is 1. The highest BCUT2D eigenvalue weighted by atomic mass is 19.4. The molecular formula is C20H17F5N4O3. The van der Waals surface area contributed by atoms with Crippen molar-refractivity contribution < 1.29 is 35.9 Å². The molecule has 0 aliphatic carbocycles. The van der Waals surface area contributed by atoms with Gasteiger partial charge in [0.2, 0.25) is 11.8 Å². The summed E-state index contributed by atoms with van der Waals surface area (Å²) in [4.78, 5) is 11.0. The van der Waals surface area contributed by atoms with Crippen molar-refractivity contribution in [2.45, 2.75) is 18.5 Å². The van der Waals surface area contributed by atoms with Crippen LogP contribution in [0.4, 0.5) is 28.0 Å². The maximum Gasteiger partial charge on any atom is 0.416 e. The van der Waals surface area contributed by atoms with Crippen molar-refractivity contribution >= 4 is 11.9 Å². The van der Waals surface area contributed by atoms with Gasteiger partial charge in [-0.05, 0) is 24.3 Å². The van der Waals surface area contributed by atoms with Gasteiger partial charge in [0.25, 0.3) is 0 Å². The van der Waals surface area contributed by atoms with Gasteiger partial charge in [0.05, 0.1) is 12.7 Å². The van der Waals surface area contributed by atoms with E-state index in [0.717, 1.165) is 24.3 Å². The third-order valence-electron chi connectivity index (χ3n) is 4.57. The Morgan fingerprint density at radius 1 is 1.12 bits per heavy atom. The molecule has 2 aromatic carbocycles. The molecule has 3 N–H and O–H groups in total. The first-order chi connectivity index (χ1) is 15.1. The fourth-order valence-corrected chi connectivity index (χ4v) is 3.03. The minimum atomic E-state index is -4.35. The molecule has 1 unspecified atom stereocenters. The van der Waals surface area contributed by atoms with Crippen LogP contribution in [0.15, 0.2) is 40.8 Å². The third kappa shape index (κ3) is 5.31. The molecule has 1 aliphatic rings. The van der Waals surface area contributed by atoms with Gasteiger partial charge in [0, 0.05) is 42.1 Å². The van der Waals surface area contributed by atoms with Gasteiger partial charge in [-0.25, -0.2) is 8.78 Å². The number of halogens is 5. The second-order valence-electron chi connectivity index (χ2n) is 6.73. The van der Waals surface area contributed by atoms with Gasteiger partial charge < -0.3 is 20.2 Å². The lowest BCUT2D eigenvalue weighted by atomic mass is 9.97. The van der Waals surface area contributed by atoms with Gasteiger partial charge in [-0.15, -0.1) is 5.10 Å². The summed E-state index contributed by atoms with van der Waals surface area (Å²) in [5.41, 5.74) is 4.81. The summed E-state index contributed by atoms with van der Waals surface area (Å²) in [7, 11) is 1.34. The smallest absolute Gasteiger partial charge is 0.416 e. The van der Waals surface area contributed by atoms with E-state index in [1.807, 2.05) is 0 Å². The van der Waals surface area contributed by atoms with E-state index in [9.17, 15) is 26.7 Å². The molecular weight excluding hydrogens is 439 g/mol. The monoisotopic (exact) mass is 456 g/mol. The number of benzene rings is 2. The van der Waals surface area contributed by atoms with E-state index < -0.39 is 29.3 Å². The highest BCUT2D eigenvalue weighted by Gasteiger charge is 2.30. The van der Waals surface area contributed by atoms with Crippen molar-refractivity contribution in [2.75, 3.05) is 19.4 Å². The number of hydrogen-bond acceptors (Lipinski definition) is 6. The maximum atomic E-state index is 13.6. The Morgan fingerprint density at radius 3 is 2.19 bits per heavy atom. The summed E-state index contributed by atoms with van der Waals surface area (Å²) in [5, 5.41) is 9.51. The van der Waals surface area contributed by atoms with Crippen LogP contribution in [0.1, 0.15) is 23.5 Å². The molecule has 32 heavy (non-hydrogen) atoms. The van der Waals surface area contributed by atoms with Gasteiger partial charge in [0.15, 0.2) is 0 Å². The lowest BCUT2D eigenvalue weighted by Gasteiger charge is -2.11. The second kappa shape index (κ2) is 9.20. The number of carbonyl (C=O) groups excluding carboxylic acids is 1. The molecule has 3 aromatic rings. The van der Waals surface area contributed by atoms with Gasteiger partial charge in [0.1, 0.15) is 17.4 Å². The number of amides is 1. The molecule has 1 amide bonds. The topological polar surface area (TPSA) is 103 Å². The van der Waals surface area contributed by atoms with Crippen molar-refractivity contribution in [3.63, 3.8) is 0 Å². The Balaban J connectivity index is 0.000000181. The van der Waals surface area contributed by atoms with Gasteiger partial charge >= 0.3 is 12.2 Å². The first kappa shape index (κ1) is 23.0. The lowest BCUT2D eigenvalue weighted by molar-refractivity contribution is -0.137. The number of nitrogens with zero attached hydrogens (tertiary/aromatic N) is 2. The van der Waals surface area contributed by atoms with Crippen LogP contribution in [0.5, 0.6) is 5.75 Å². The van der Waals surface area contributed by atoms with E-state index in [4.69, 9.17) is 14.9 Å². The van der Waals surface area contributed by atoms with Gasteiger partial charge in [-0.2, -0.15) is 13.2 Å². The van der Waals surface area contributed by atoms with Gasteiger partial charge in [-0.3, -0.25) is 4.79 Å². The number of nitrogens with two attached hydrogens (primary N) is 1. The number of rotatable bonds is 3. The van der Waals surface area contributed by atoms with Crippen LogP contribution in [0.3, 0.4) is 0 Å². The third-order valence-corrected chi connectivity index (χ3v) is 4.57. The zero-order valence-electron chi connectivity index (χ0n) is 16.5. The molecule has 0 spiro atoms. The number of aromatic nitrogens is 2. The highest BCUT2D eigenvalue weighted by molar-refractivity contribution is 5.79. The van der Waals surface area contributed by atoms with E-state index in [0.29, 0.717) is 5.56 Å². The quantitative estimate of drug-likeness (QED) is 0.580. The minimum Gasteiger partial charge on any atom is -0.497 e. The molecule has 1 saturated heterocycles. The maximum absolute atomic E-state index is 13.6. The summed E-state index contributed by atoms with van der Waals surface area (Å²) in [6, 6.07) is 6.49. The average Bonchev–Trinajstić information content (AvgIpc) is 3.36. The molecule has 1 fully saturated rings. The van der Waals surface area contributed by atoms with Crippen molar-refractivity contribution in [3.8, 4) is 17.2 Å². The van der Waals surface area contributed by atoms with Crippen LogP contribution in [0, 0.1) is 11.6 Å². The predicted molar refractivity (Wildman–Crippen MR) is 102 cm³/mol. The first-order valence-corrected chi connectivity index (χ1v) is 9.14. The van der Waals surface area contributed by atoms with Crippen molar-refractivity contribution in [1.29, 1.82) is 0 Å². The molecule has 1 aromatic heterocycles. The Labute approximate surface area is 178 Å². The Kier molecular flexibility index (Phi) is 6.61. The zero-order valence-corrected chi connectivity index (χ0v) is 16.5. The fraction of sp³-hybridized carbons (Fsp3) is 0.250. The Morgan fingerprint density at radius 2 is 1.75 bits per heavy atom. The lowest BCUT2D eigenvalue weighted by Crippen LogP contribution is -2.14. The summed E-state index contributed by atoms with van der Waals surface area (Å²) in [6.07, 6.45) is -4.23. The molecule has 0 bridgehead atoms. The predicted octanol–water partition coefficient (Wildman–Crippen LogP) is 3.91. The van der Waals surface area contributed by atoms with E-state index >= 15 is 0 Å². The Hall–Kier alpha value is -3.70. The zero-order chi connectivity index (χ0) is 23.5. The van der Waals surface area contributed by atoms with Crippen molar-refractivity contribution in [3.05, 3.63) is 59.2 Å². The molecule has 4 rings (SSSR count). The van der Waals surface area contributed by atoms with Crippen LogP contribution in [-0.2, 0) is 11.0 Å². The number of ether oxygens (including phenoxy) is 1. The van der Waals surface area contributed by atoms with Crippen LogP contribution < -0.4 is 15.8 Å². The first-order valence-electron chi connectivity index (χ1n) is 9.14. The number of anilines is 1. The largest absolute Gasteiger partial charge is 0.497 e. The normalized spacial score (nSPS) is 15.7. The molecule has 12 heteroatoms. The summed E-state index contributed by atoms with van der Waals surface area (Å²) in [6.45, 7) is 0.277. The molecule has 0 radical (unpaired) electrons. The van der Waals surface area contributed by atoms with Crippen LogP contribution in [0.2, 0.25) is 0 Å². The molecule has 1 aliphatic heterocycles. The van der Waals surface area contributed by atoms with Crippen molar-refractivity contribution in [1.82, 2.24) is 15.5 Å². The van der Waals surface area contributed by atoms with Crippen molar-refractivity contribution in [2.24, 2.45) is 0 Å². The van der Waals surface area contributed by atoms with Crippen LogP contribution in [-0.4, -0.2) is 29.8 Å². The molecule has 170 valence electrons. The number of hydrogen-bond donors (Lipinski definition) is 2. The molecule has 0 saturated carbocycles. The highest BCUT2D eigenvalue weighted by Crippen LogP contribution is 2.31. The van der Waals surface area contributed by atoms with Crippen LogP contribution in [0.25, 0.3) is 11.5 Å². The number of nitrogens with one attached hydrogen (secondary N) is 1. The second-order valence-corrected chi connectivity index (χ2v) is 6.73. The standard InChI is InChI=1S/C11H11F2NO2.C9H6F3N3O/c1-16-7-3-8(12)11(9(13)4-7)6-2-10(15)14-5-6;10-9(11,12)6-3-1-5(2-4-6)7-14-15-8(13)16-7/h3-4,6H,2,5H2,1H3,(H,14,15);1-4H,(H2,13,15). The summed E-state index contributed by atoms with van der Waals surface area (Å²) in [5.74, 6) is -1.73. The van der Waals surface area contributed by atoms with E-state index in [1.165, 1.54) is 19.2 Å². The Bertz CT molecular complexity index is 1080. The minimum absolute atomic E-state index is 0.0425. The average molecular weight is 456 g/mol. The molecule has 7 nitrogen and oxygen atoms in total. The number of alkyl halides is 3. The summed E-state index contributed by atoms with van der Waals surface area (Å²) >= 11 is 0. The number of methoxy groups -OCH3 is 1. The molecule has 1 atom stereocenters. The number of carbonyl (C=O) groups is 1.